The van der Waals surface area contributed by atoms with E-state index in [1.807, 2.05) is 0 Å². The number of hydrogen-bond donors (Lipinski definition) is 3. The number of nitrogens with one attached hydrogen (secondary N) is 1. The van der Waals surface area contributed by atoms with E-state index in [2.05, 4.69) is 5.32 Å². The molecule has 0 unspecified atom stereocenters. The Morgan fingerprint density at radius 1 is 1.50 bits per heavy atom. The fraction of sp³-hybridized carbons (Fsp3) is 0.300. The zero-order chi connectivity index (χ0) is 12.0. The third kappa shape index (κ3) is 4.14. The first-order chi connectivity index (χ1) is 7.59. The number of anilines is 2. The SMILES string of the molecule is NC(=O)COCCNc1ccc(F)cc1N. The van der Waals surface area contributed by atoms with Gasteiger partial charge in [0.25, 0.3) is 0 Å². The lowest BCUT2D eigenvalue weighted by atomic mass is 10.2. The van der Waals surface area contributed by atoms with E-state index in [-0.39, 0.29) is 12.4 Å². The van der Waals surface area contributed by atoms with Crippen LogP contribution in [0.25, 0.3) is 0 Å². The maximum absolute atomic E-state index is 12.7. The maximum atomic E-state index is 12.7. The first kappa shape index (κ1) is 12.3. The highest BCUT2D eigenvalue weighted by Gasteiger charge is 2.00. The molecule has 0 heterocycles. The molecule has 0 spiro atoms. The smallest absolute Gasteiger partial charge is 0.243 e. The van der Waals surface area contributed by atoms with Crippen LogP contribution in [0.5, 0.6) is 0 Å². The number of carbonyl (C=O) groups excluding carboxylic acids is 1. The first-order valence-corrected chi connectivity index (χ1v) is 4.74. The first-order valence-electron chi connectivity index (χ1n) is 4.74. The number of ether oxygens (including phenoxy) is 1. The van der Waals surface area contributed by atoms with Gasteiger partial charge in [0.2, 0.25) is 5.91 Å². The summed E-state index contributed by atoms with van der Waals surface area (Å²) in [6.07, 6.45) is 0. The van der Waals surface area contributed by atoms with Gasteiger partial charge in [0.15, 0.2) is 0 Å². The molecule has 1 amide bonds. The Hall–Kier alpha value is -1.82. The average Bonchev–Trinajstić information content (AvgIpc) is 2.20. The molecule has 1 aromatic carbocycles. The number of carbonyl (C=O) groups is 1. The molecule has 0 bridgehead atoms. The Morgan fingerprint density at radius 2 is 2.25 bits per heavy atom. The van der Waals surface area contributed by atoms with Crippen LogP contribution in [0.2, 0.25) is 0 Å². The monoisotopic (exact) mass is 227 g/mol. The summed E-state index contributed by atoms with van der Waals surface area (Å²) in [6, 6.07) is 4.08. The molecule has 0 saturated heterocycles. The topological polar surface area (TPSA) is 90.4 Å². The molecule has 6 heteroatoms. The summed E-state index contributed by atoms with van der Waals surface area (Å²) in [5.74, 6) is -0.894. The standard InChI is InChI=1S/C10H14FN3O2/c11-7-1-2-9(8(12)5-7)14-3-4-16-6-10(13)15/h1-2,5,14H,3-4,6,12H2,(H2,13,15). The quantitative estimate of drug-likeness (QED) is 0.482. The summed E-state index contributed by atoms with van der Waals surface area (Å²) >= 11 is 0. The van der Waals surface area contributed by atoms with Crippen LogP contribution in [-0.2, 0) is 9.53 Å². The van der Waals surface area contributed by atoms with Crippen LogP contribution in [0, 0.1) is 5.82 Å². The molecule has 5 nitrogen and oxygen atoms in total. The lowest BCUT2D eigenvalue weighted by Crippen LogP contribution is -2.20. The molecule has 0 saturated carbocycles. The molecule has 1 aromatic rings. The number of benzene rings is 1. The van der Waals surface area contributed by atoms with Gasteiger partial charge in [-0.3, -0.25) is 4.79 Å². The van der Waals surface area contributed by atoms with Crippen LogP contribution in [0.3, 0.4) is 0 Å². The van der Waals surface area contributed by atoms with Gasteiger partial charge in [0.1, 0.15) is 12.4 Å². The number of nitrogens with two attached hydrogens (primary N) is 2. The molecular formula is C10H14FN3O2. The van der Waals surface area contributed by atoms with Gasteiger partial charge >= 0.3 is 0 Å². The molecule has 0 radical (unpaired) electrons. The number of primary amides is 1. The van der Waals surface area contributed by atoms with Crippen molar-refractivity contribution in [2.75, 3.05) is 30.8 Å². The molecule has 0 aromatic heterocycles. The van der Waals surface area contributed by atoms with Crippen molar-refractivity contribution in [1.82, 2.24) is 0 Å². The summed E-state index contributed by atoms with van der Waals surface area (Å²) in [4.78, 5) is 10.3. The Labute approximate surface area is 92.6 Å². The van der Waals surface area contributed by atoms with Crippen molar-refractivity contribution in [3.63, 3.8) is 0 Å². The van der Waals surface area contributed by atoms with E-state index < -0.39 is 5.91 Å². The Bertz CT molecular complexity index is 371. The molecular weight excluding hydrogens is 213 g/mol. The number of nitrogen functional groups attached to an aromatic ring is 1. The molecule has 1 rings (SSSR count). The highest BCUT2D eigenvalue weighted by molar-refractivity contribution is 5.75. The molecule has 16 heavy (non-hydrogen) atoms. The zero-order valence-corrected chi connectivity index (χ0v) is 8.70. The van der Waals surface area contributed by atoms with Crippen LogP contribution >= 0.6 is 0 Å². The van der Waals surface area contributed by atoms with E-state index in [9.17, 15) is 9.18 Å². The number of hydrogen-bond acceptors (Lipinski definition) is 4. The van der Waals surface area contributed by atoms with Crippen molar-refractivity contribution in [3.05, 3.63) is 24.0 Å². The lowest BCUT2D eigenvalue weighted by Gasteiger charge is -2.09. The number of halogens is 1. The van der Waals surface area contributed by atoms with E-state index in [0.29, 0.717) is 24.5 Å². The van der Waals surface area contributed by atoms with E-state index in [1.54, 1.807) is 6.07 Å². The Balaban J connectivity index is 2.29. The normalized spacial score (nSPS) is 10.1. The van der Waals surface area contributed by atoms with E-state index in [1.165, 1.54) is 12.1 Å². The van der Waals surface area contributed by atoms with Gasteiger partial charge in [-0.25, -0.2) is 4.39 Å². The largest absolute Gasteiger partial charge is 0.397 e. The molecule has 5 N–H and O–H groups in total. The summed E-state index contributed by atoms with van der Waals surface area (Å²) in [6.45, 7) is 0.670. The number of rotatable bonds is 6. The molecule has 0 fully saturated rings. The minimum Gasteiger partial charge on any atom is -0.397 e. The third-order valence-corrected chi connectivity index (χ3v) is 1.82. The van der Waals surface area contributed by atoms with E-state index in [4.69, 9.17) is 16.2 Å². The van der Waals surface area contributed by atoms with Crippen LogP contribution < -0.4 is 16.8 Å². The van der Waals surface area contributed by atoms with E-state index >= 15 is 0 Å². The predicted molar refractivity (Wildman–Crippen MR) is 59.3 cm³/mol. The van der Waals surface area contributed by atoms with Crippen molar-refractivity contribution in [2.45, 2.75) is 0 Å². The van der Waals surface area contributed by atoms with Crippen molar-refractivity contribution >= 4 is 17.3 Å². The molecule has 0 aliphatic heterocycles. The summed E-state index contributed by atoms with van der Waals surface area (Å²) in [5.41, 5.74) is 11.4. The minimum atomic E-state index is -0.513. The van der Waals surface area contributed by atoms with Gasteiger partial charge in [-0.15, -0.1) is 0 Å². The summed E-state index contributed by atoms with van der Waals surface area (Å²) in [7, 11) is 0. The Morgan fingerprint density at radius 3 is 2.88 bits per heavy atom. The molecule has 88 valence electrons. The van der Waals surface area contributed by atoms with Gasteiger partial charge in [-0.1, -0.05) is 0 Å². The fourth-order valence-electron chi connectivity index (χ4n) is 1.13. The second-order valence-corrected chi connectivity index (χ2v) is 3.18. The highest BCUT2D eigenvalue weighted by Crippen LogP contribution is 2.18. The van der Waals surface area contributed by atoms with Crippen molar-refractivity contribution < 1.29 is 13.9 Å². The van der Waals surface area contributed by atoms with Crippen LogP contribution in [0.15, 0.2) is 18.2 Å². The van der Waals surface area contributed by atoms with Crippen LogP contribution in [0.1, 0.15) is 0 Å². The molecule has 0 aliphatic carbocycles. The highest BCUT2D eigenvalue weighted by atomic mass is 19.1. The second-order valence-electron chi connectivity index (χ2n) is 3.18. The van der Waals surface area contributed by atoms with Crippen molar-refractivity contribution in [1.29, 1.82) is 0 Å². The van der Waals surface area contributed by atoms with Gasteiger partial charge in [-0.2, -0.15) is 0 Å². The van der Waals surface area contributed by atoms with E-state index in [0.717, 1.165) is 0 Å². The van der Waals surface area contributed by atoms with Crippen molar-refractivity contribution in [3.8, 4) is 0 Å². The number of amides is 1. The fourth-order valence-corrected chi connectivity index (χ4v) is 1.13. The summed E-state index contributed by atoms with van der Waals surface area (Å²) < 4.78 is 17.6. The van der Waals surface area contributed by atoms with Crippen LogP contribution in [-0.4, -0.2) is 25.7 Å². The third-order valence-electron chi connectivity index (χ3n) is 1.82. The zero-order valence-electron chi connectivity index (χ0n) is 8.70. The molecule has 0 atom stereocenters. The van der Waals surface area contributed by atoms with Crippen LogP contribution in [0.4, 0.5) is 15.8 Å². The summed E-state index contributed by atoms with van der Waals surface area (Å²) in [5, 5.41) is 2.95. The maximum Gasteiger partial charge on any atom is 0.243 e. The van der Waals surface area contributed by atoms with Gasteiger partial charge in [0, 0.05) is 6.54 Å². The van der Waals surface area contributed by atoms with Gasteiger partial charge < -0.3 is 21.5 Å². The second kappa shape index (κ2) is 5.92. The average molecular weight is 227 g/mol. The van der Waals surface area contributed by atoms with Crippen molar-refractivity contribution in [2.24, 2.45) is 5.73 Å². The predicted octanol–water partition coefficient (Wildman–Crippen LogP) is 0.322. The van der Waals surface area contributed by atoms with Gasteiger partial charge in [-0.05, 0) is 18.2 Å². The van der Waals surface area contributed by atoms with Gasteiger partial charge in [0.05, 0.1) is 18.0 Å². The minimum absolute atomic E-state index is 0.111. The molecule has 0 aliphatic rings. The lowest BCUT2D eigenvalue weighted by molar-refractivity contribution is -0.122. The Kier molecular flexibility index (Phi) is 4.53.